The molecule has 1 amide bonds. The number of aryl methyl sites for hydroxylation is 1. The van der Waals surface area contributed by atoms with Gasteiger partial charge in [0.05, 0.1) is 3.92 Å². The molecule has 1 radical (unpaired) electrons. The van der Waals surface area contributed by atoms with Crippen LogP contribution in [0.5, 0.6) is 0 Å². The van der Waals surface area contributed by atoms with E-state index in [2.05, 4.69) is 41.7 Å². The van der Waals surface area contributed by atoms with E-state index in [1.165, 1.54) is 5.56 Å². The van der Waals surface area contributed by atoms with Crippen LogP contribution in [-0.2, 0) is 37.5 Å². The van der Waals surface area contributed by atoms with E-state index in [0.717, 1.165) is 11.3 Å². The van der Waals surface area contributed by atoms with E-state index in [1.54, 1.807) is 4.90 Å². The first-order valence-electron chi connectivity index (χ1n) is 5.19. The fourth-order valence-corrected chi connectivity index (χ4v) is 2.46. The summed E-state index contributed by atoms with van der Waals surface area (Å²) in [6.07, 6.45) is 4.02. The molecule has 2 nitrogen and oxygen atoms in total. The first-order valence-corrected chi connectivity index (χ1v) is 6.44. The van der Waals surface area contributed by atoms with Crippen LogP contribution < -0.4 is 0 Å². The van der Waals surface area contributed by atoms with Gasteiger partial charge in [-0.3, -0.25) is 4.79 Å². The number of allylic oxidation sites excluding steroid dienone is 1. The Morgan fingerprint density at radius 1 is 1.41 bits per heavy atom. The molecular weight excluding hydrogens is 402 g/mol. The van der Waals surface area contributed by atoms with Crippen LogP contribution in [0, 0.1) is 13.0 Å². The summed E-state index contributed by atoms with van der Waals surface area (Å²) in [5.74, 6) is 0.164. The van der Waals surface area contributed by atoms with Crippen molar-refractivity contribution < 1.29 is 37.5 Å². The zero-order valence-electron chi connectivity index (χ0n) is 9.90. The second-order valence-corrected chi connectivity index (χ2v) is 5.41. The van der Waals surface area contributed by atoms with E-state index in [0.29, 0.717) is 6.42 Å². The Labute approximate surface area is 141 Å². The molecule has 0 fully saturated rings. The van der Waals surface area contributed by atoms with E-state index in [-0.39, 0.29) is 42.5 Å². The maximum Gasteiger partial charge on any atom is 0.235 e. The smallest absolute Gasteiger partial charge is 0.235 e. The topological polar surface area (TPSA) is 20.3 Å². The van der Waals surface area contributed by atoms with Crippen molar-refractivity contribution in [1.82, 2.24) is 4.90 Å². The summed E-state index contributed by atoms with van der Waals surface area (Å²) in [5.41, 5.74) is 3.19. The van der Waals surface area contributed by atoms with Crippen LogP contribution >= 0.6 is 22.6 Å². The molecule has 0 bridgehead atoms. The van der Waals surface area contributed by atoms with Gasteiger partial charge in [-0.25, -0.2) is 6.08 Å². The molecule has 1 aliphatic rings. The predicted molar refractivity (Wildman–Crippen MR) is 73.0 cm³/mol. The Balaban J connectivity index is 0.00000144. The number of nitrogens with zero attached hydrogens (tertiary/aromatic N) is 1. The molecule has 0 spiro atoms. The summed E-state index contributed by atoms with van der Waals surface area (Å²) in [5, 5.41) is 0. The average molecular weight is 415 g/mol. The van der Waals surface area contributed by atoms with Gasteiger partial charge in [0.25, 0.3) is 0 Å². The molecule has 1 atom stereocenters. The monoisotopic (exact) mass is 415 g/mol. The number of benzene rings is 1. The van der Waals surface area contributed by atoms with Crippen LogP contribution in [-0.4, -0.2) is 21.8 Å². The maximum absolute atomic E-state index is 11.9. The Morgan fingerprint density at radius 2 is 2.06 bits per heavy atom. The second kappa shape index (κ2) is 6.44. The molecule has 87 valence electrons. The molecule has 0 N–H and O–H groups in total. The van der Waals surface area contributed by atoms with Crippen molar-refractivity contribution >= 4 is 34.2 Å². The van der Waals surface area contributed by atoms with Crippen molar-refractivity contribution in [3.05, 3.63) is 41.5 Å². The van der Waals surface area contributed by atoms with Gasteiger partial charge in [-0.05, 0) is 0 Å². The molecule has 0 aliphatic carbocycles. The first kappa shape index (κ1) is 15.3. The minimum atomic E-state index is 0. The van der Waals surface area contributed by atoms with Crippen molar-refractivity contribution in [2.45, 2.75) is 17.3 Å². The zero-order chi connectivity index (χ0) is 11.7. The molecule has 2 rings (SSSR count). The molecule has 0 aromatic heterocycles. The Bertz CT molecular complexity index is 458. The number of amides is 1. The van der Waals surface area contributed by atoms with Crippen LogP contribution in [0.4, 0.5) is 0 Å². The number of rotatable bonds is 1. The van der Waals surface area contributed by atoms with Crippen molar-refractivity contribution in [2.75, 3.05) is 7.05 Å². The van der Waals surface area contributed by atoms with Gasteiger partial charge >= 0.3 is 0 Å². The predicted octanol–water partition coefficient (Wildman–Crippen LogP) is 2.80. The molecule has 0 saturated carbocycles. The van der Waals surface area contributed by atoms with Crippen LogP contribution in [0.15, 0.2) is 24.3 Å². The van der Waals surface area contributed by atoms with Gasteiger partial charge < -0.3 is 4.90 Å². The summed E-state index contributed by atoms with van der Waals surface area (Å²) >= 11 is 2.17. The quantitative estimate of drug-likeness (QED) is 0.393. The molecule has 1 heterocycles. The van der Waals surface area contributed by atoms with E-state index in [1.807, 2.05) is 25.2 Å². The summed E-state index contributed by atoms with van der Waals surface area (Å²) in [7, 11) is 1.82. The third-order valence-electron chi connectivity index (χ3n) is 2.78. The molecule has 0 saturated heterocycles. The molecule has 1 aromatic rings. The normalized spacial score (nSPS) is 19.7. The number of carbonyl (C=O) groups excluding carboxylic acids is 1. The Kier molecular flexibility index (Phi) is 5.80. The third kappa shape index (κ3) is 3.18. The summed E-state index contributed by atoms with van der Waals surface area (Å²) < 4.78 is 0.0235. The van der Waals surface area contributed by atoms with E-state index < -0.39 is 0 Å². The second-order valence-electron chi connectivity index (χ2n) is 3.91. The van der Waals surface area contributed by atoms with Crippen molar-refractivity contribution in [3.8, 4) is 0 Å². The fraction of sp³-hybridized carbons (Fsp3) is 0.308. The van der Waals surface area contributed by atoms with Gasteiger partial charge in [-0.15, -0.1) is 22.9 Å². The number of alkyl halides is 1. The van der Waals surface area contributed by atoms with Gasteiger partial charge in [-0.2, -0.15) is 0 Å². The Hall–Kier alpha value is 0.264. The van der Waals surface area contributed by atoms with Gasteiger partial charge in [0, 0.05) is 39.8 Å². The van der Waals surface area contributed by atoms with E-state index in [9.17, 15) is 4.79 Å². The van der Waals surface area contributed by atoms with Gasteiger partial charge in [0.1, 0.15) is 0 Å². The van der Waals surface area contributed by atoms with Gasteiger partial charge in [0.2, 0.25) is 5.91 Å². The first-order chi connectivity index (χ1) is 7.61. The molecule has 1 unspecified atom stereocenters. The number of carbonyl (C=O) groups is 1. The standard InChI is InChI=1S/C13H13INO.Y/c1-9-5-3-4-6-10(9)12-8-7-11(14)13(16)15(12)2;/h3-6,11H,7H2,1-2H3;/q-1;. The minimum Gasteiger partial charge on any atom is -0.350 e. The van der Waals surface area contributed by atoms with Crippen LogP contribution in [0.1, 0.15) is 17.5 Å². The molecule has 1 aromatic carbocycles. The molecular formula is C13H13INOY-. The van der Waals surface area contributed by atoms with Gasteiger partial charge in [-0.1, -0.05) is 54.1 Å². The third-order valence-corrected chi connectivity index (χ3v) is 3.76. The molecule has 17 heavy (non-hydrogen) atoms. The average Bonchev–Trinajstić information content (AvgIpc) is 2.28. The van der Waals surface area contributed by atoms with E-state index >= 15 is 0 Å². The number of halogens is 1. The van der Waals surface area contributed by atoms with Gasteiger partial charge in [0.15, 0.2) is 0 Å². The summed E-state index contributed by atoms with van der Waals surface area (Å²) in [6, 6.07) is 8.09. The van der Waals surface area contributed by atoms with Crippen LogP contribution in [0.2, 0.25) is 0 Å². The number of hydrogen-bond acceptors (Lipinski definition) is 1. The van der Waals surface area contributed by atoms with Crippen LogP contribution in [0.3, 0.4) is 0 Å². The largest absolute Gasteiger partial charge is 0.350 e. The summed E-state index contributed by atoms with van der Waals surface area (Å²) in [4.78, 5) is 13.6. The minimum absolute atomic E-state index is 0. The Morgan fingerprint density at radius 3 is 2.71 bits per heavy atom. The van der Waals surface area contributed by atoms with Crippen molar-refractivity contribution in [3.63, 3.8) is 0 Å². The maximum atomic E-state index is 11.9. The molecule has 4 heteroatoms. The van der Waals surface area contributed by atoms with Crippen molar-refractivity contribution in [1.29, 1.82) is 0 Å². The molecule has 1 aliphatic heterocycles. The zero-order valence-corrected chi connectivity index (χ0v) is 14.9. The van der Waals surface area contributed by atoms with Crippen molar-refractivity contribution in [2.24, 2.45) is 0 Å². The SMILES string of the molecule is Cc1ccccc1C1=[C-]CC(I)C(=O)N1C.[Y]. The number of hydrogen-bond donors (Lipinski definition) is 0. The fourth-order valence-electron chi connectivity index (χ4n) is 1.83. The summed E-state index contributed by atoms with van der Waals surface area (Å²) in [6.45, 7) is 2.05. The van der Waals surface area contributed by atoms with Crippen LogP contribution in [0.25, 0.3) is 5.70 Å². The van der Waals surface area contributed by atoms with E-state index in [4.69, 9.17) is 0 Å².